The number of hydrogen-bond acceptors (Lipinski definition) is 0. The highest BCUT2D eigenvalue weighted by Gasteiger charge is 2.50. The molecule has 1 aliphatic rings. The highest BCUT2D eigenvalue weighted by Crippen LogP contribution is 2.39. The molecule has 1 saturated heterocycles. The summed E-state index contributed by atoms with van der Waals surface area (Å²) in [5, 5.41) is 0. The van der Waals surface area contributed by atoms with Gasteiger partial charge in [0.2, 0.25) is 0 Å². The molecule has 0 aromatic heterocycles. The standard InChI is InChI=1S/C12H26N/c1-11(2,3)13(12(4,5)6)9-7-8-10-13/h7-10H2,1-6H3/q+1. The van der Waals surface area contributed by atoms with E-state index in [1.54, 1.807) is 0 Å². The van der Waals surface area contributed by atoms with Crippen molar-refractivity contribution in [1.29, 1.82) is 0 Å². The number of likely N-dealkylation sites (tertiary alicyclic amines) is 1. The zero-order valence-corrected chi connectivity index (χ0v) is 10.3. The van der Waals surface area contributed by atoms with Crippen molar-refractivity contribution in [2.45, 2.75) is 65.5 Å². The van der Waals surface area contributed by atoms with Gasteiger partial charge in [-0.15, -0.1) is 0 Å². The van der Waals surface area contributed by atoms with Crippen LogP contribution in [-0.4, -0.2) is 28.7 Å². The molecule has 0 aromatic carbocycles. The average molecular weight is 184 g/mol. The molecule has 0 aliphatic carbocycles. The molecule has 1 nitrogen and oxygen atoms in total. The van der Waals surface area contributed by atoms with E-state index in [9.17, 15) is 0 Å². The van der Waals surface area contributed by atoms with Crippen LogP contribution in [0.1, 0.15) is 54.4 Å². The Hall–Kier alpha value is -0.0400. The van der Waals surface area contributed by atoms with Gasteiger partial charge in [0.1, 0.15) is 0 Å². The van der Waals surface area contributed by atoms with Crippen LogP contribution >= 0.6 is 0 Å². The summed E-state index contributed by atoms with van der Waals surface area (Å²) in [6, 6.07) is 0. The van der Waals surface area contributed by atoms with Crippen molar-refractivity contribution in [2.75, 3.05) is 13.1 Å². The van der Waals surface area contributed by atoms with Gasteiger partial charge in [0, 0.05) is 12.8 Å². The number of nitrogens with zero attached hydrogens (tertiary/aromatic N) is 1. The number of hydrogen-bond donors (Lipinski definition) is 0. The highest BCUT2D eigenvalue weighted by molar-refractivity contribution is 4.77. The minimum Gasteiger partial charge on any atom is -0.315 e. The zero-order valence-electron chi connectivity index (χ0n) is 10.3. The van der Waals surface area contributed by atoms with Crippen LogP contribution < -0.4 is 0 Å². The third kappa shape index (κ3) is 1.63. The van der Waals surface area contributed by atoms with Crippen LogP contribution in [0.25, 0.3) is 0 Å². The normalized spacial score (nSPS) is 23.5. The fourth-order valence-corrected chi connectivity index (χ4v) is 3.22. The fraction of sp³-hybridized carbons (Fsp3) is 1.00. The molecule has 1 aliphatic heterocycles. The molecule has 1 heterocycles. The third-order valence-corrected chi connectivity index (χ3v) is 3.90. The molecule has 0 unspecified atom stereocenters. The van der Waals surface area contributed by atoms with Crippen LogP contribution in [0, 0.1) is 0 Å². The molecule has 1 rings (SSSR count). The first kappa shape index (κ1) is 11.0. The molecule has 78 valence electrons. The summed E-state index contributed by atoms with van der Waals surface area (Å²) in [4.78, 5) is 0. The first-order valence-electron chi connectivity index (χ1n) is 5.58. The predicted molar refractivity (Wildman–Crippen MR) is 58.7 cm³/mol. The van der Waals surface area contributed by atoms with Crippen LogP contribution in [0.5, 0.6) is 0 Å². The quantitative estimate of drug-likeness (QED) is 0.507. The molecule has 13 heavy (non-hydrogen) atoms. The van der Waals surface area contributed by atoms with Gasteiger partial charge in [0.05, 0.1) is 24.2 Å². The molecule has 0 saturated carbocycles. The van der Waals surface area contributed by atoms with Gasteiger partial charge in [-0.2, -0.15) is 0 Å². The van der Waals surface area contributed by atoms with Gasteiger partial charge < -0.3 is 4.48 Å². The van der Waals surface area contributed by atoms with Crippen LogP contribution in [0.2, 0.25) is 0 Å². The Morgan fingerprint density at radius 2 is 1.00 bits per heavy atom. The minimum absolute atomic E-state index is 0.398. The van der Waals surface area contributed by atoms with Crippen molar-refractivity contribution in [2.24, 2.45) is 0 Å². The monoisotopic (exact) mass is 184 g/mol. The molecule has 0 aromatic rings. The van der Waals surface area contributed by atoms with E-state index in [-0.39, 0.29) is 0 Å². The van der Waals surface area contributed by atoms with E-state index in [1.807, 2.05) is 0 Å². The lowest BCUT2D eigenvalue weighted by Gasteiger charge is -2.54. The lowest BCUT2D eigenvalue weighted by molar-refractivity contribution is -1.00. The Kier molecular flexibility index (Phi) is 2.53. The van der Waals surface area contributed by atoms with E-state index < -0.39 is 0 Å². The predicted octanol–water partition coefficient (Wildman–Crippen LogP) is 3.19. The summed E-state index contributed by atoms with van der Waals surface area (Å²) in [6.07, 6.45) is 2.82. The summed E-state index contributed by atoms with van der Waals surface area (Å²) in [7, 11) is 0. The lowest BCUT2D eigenvalue weighted by atomic mass is 9.91. The largest absolute Gasteiger partial charge is 0.315 e. The molecule has 0 N–H and O–H groups in total. The van der Waals surface area contributed by atoms with Gasteiger partial charge in [-0.1, -0.05) is 0 Å². The van der Waals surface area contributed by atoms with Crippen molar-refractivity contribution in [3.8, 4) is 0 Å². The molecule has 0 amide bonds. The van der Waals surface area contributed by atoms with E-state index in [0.717, 1.165) is 0 Å². The smallest absolute Gasteiger partial charge is 0.0911 e. The molecular weight excluding hydrogens is 158 g/mol. The Labute approximate surface area is 83.7 Å². The van der Waals surface area contributed by atoms with Gasteiger partial charge in [-0.25, -0.2) is 0 Å². The zero-order chi connectivity index (χ0) is 10.3. The molecule has 0 atom stereocenters. The summed E-state index contributed by atoms with van der Waals surface area (Å²) < 4.78 is 1.29. The molecule has 1 fully saturated rings. The Balaban J connectivity index is 3.02. The van der Waals surface area contributed by atoms with Crippen LogP contribution in [0.3, 0.4) is 0 Å². The van der Waals surface area contributed by atoms with Crippen LogP contribution in [0.15, 0.2) is 0 Å². The lowest BCUT2D eigenvalue weighted by Crippen LogP contribution is -2.67. The van der Waals surface area contributed by atoms with Crippen LogP contribution in [0.4, 0.5) is 0 Å². The van der Waals surface area contributed by atoms with E-state index >= 15 is 0 Å². The SMILES string of the molecule is CC(C)(C)[N+]1(C(C)(C)C)CCCC1. The van der Waals surface area contributed by atoms with Crippen molar-refractivity contribution in [1.82, 2.24) is 0 Å². The summed E-state index contributed by atoms with van der Waals surface area (Å²) in [5.74, 6) is 0. The maximum atomic E-state index is 2.39. The second-order valence-corrected chi connectivity index (χ2v) is 6.46. The fourth-order valence-electron chi connectivity index (χ4n) is 3.22. The van der Waals surface area contributed by atoms with Crippen molar-refractivity contribution >= 4 is 0 Å². The maximum Gasteiger partial charge on any atom is 0.0911 e. The Bertz CT molecular complexity index is 158. The van der Waals surface area contributed by atoms with Gasteiger partial charge in [-0.05, 0) is 41.5 Å². The van der Waals surface area contributed by atoms with Crippen molar-refractivity contribution in [3.63, 3.8) is 0 Å². The second kappa shape index (κ2) is 2.98. The number of quaternary nitrogens is 1. The van der Waals surface area contributed by atoms with E-state index in [1.165, 1.54) is 30.4 Å². The minimum atomic E-state index is 0.398. The molecule has 0 bridgehead atoms. The Morgan fingerprint density at radius 1 is 0.692 bits per heavy atom. The molecule has 0 radical (unpaired) electrons. The third-order valence-electron chi connectivity index (χ3n) is 3.90. The maximum absolute atomic E-state index is 2.39. The Morgan fingerprint density at radius 3 is 1.15 bits per heavy atom. The number of rotatable bonds is 0. The first-order valence-corrected chi connectivity index (χ1v) is 5.58. The topological polar surface area (TPSA) is 0 Å². The van der Waals surface area contributed by atoms with Gasteiger partial charge in [0.25, 0.3) is 0 Å². The molecule has 0 spiro atoms. The average Bonchev–Trinajstić information content (AvgIpc) is 2.28. The van der Waals surface area contributed by atoms with Gasteiger partial charge in [-0.3, -0.25) is 0 Å². The van der Waals surface area contributed by atoms with E-state index in [0.29, 0.717) is 11.1 Å². The molecular formula is C12H26N+. The second-order valence-electron chi connectivity index (χ2n) is 6.46. The summed E-state index contributed by atoms with van der Waals surface area (Å²) >= 11 is 0. The van der Waals surface area contributed by atoms with Crippen molar-refractivity contribution in [3.05, 3.63) is 0 Å². The van der Waals surface area contributed by atoms with Crippen LogP contribution in [-0.2, 0) is 0 Å². The summed E-state index contributed by atoms with van der Waals surface area (Å²) in [5.41, 5.74) is 0.795. The van der Waals surface area contributed by atoms with E-state index in [4.69, 9.17) is 0 Å². The van der Waals surface area contributed by atoms with E-state index in [2.05, 4.69) is 41.5 Å². The van der Waals surface area contributed by atoms with Gasteiger partial charge in [0.15, 0.2) is 0 Å². The summed E-state index contributed by atoms with van der Waals surface area (Å²) in [6.45, 7) is 17.1. The van der Waals surface area contributed by atoms with Crippen molar-refractivity contribution < 1.29 is 4.48 Å². The first-order chi connectivity index (χ1) is 5.71. The highest BCUT2D eigenvalue weighted by atomic mass is 15.5. The molecule has 1 heteroatoms. The van der Waals surface area contributed by atoms with Gasteiger partial charge >= 0.3 is 0 Å².